The van der Waals surface area contributed by atoms with E-state index in [1.165, 1.54) is 12.8 Å². The molecule has 2 amide bonds. The minimum Gasteiger partial charge on any atom is -0.339 e. The summed E-state index contributed by atoms with van der Waals surface area (Å²) in [5.74, 6) is 0.294. The Morgan fingerprint density at radius 3 is 2.38 bits per heavy atom. The average molecular weight is 296 g/mol. The number of amides is 2. The number of hydrogen-bond acceptors (Lipinski definition) is 4. The third-order valence-corrected chi connectivity index (χ3v) is 4.52. The van der Waals surface area contributed by atoms with Crippen LogP contribution < -0.4 is 5.32 Å². The number of nitrogens with one attached hydrogen (secondary N) is 1. The van der Waals surface area contributed by atoms with Crippen LogP contribution in [-0.2, 0) is 9.59 Å². The molecule has 0 aromatic carbocycles. The molecule has 0 radical (unpaired) electrons. The summed E-state index contributed by atoms with van der Waals surface area (Å²) in [6.45, 7) is 9.80. The molecule has 2 saturated heterocycles. The van der Waals surface area contributed by atoms with Gasteiger partial charge in [0.25, 0.3) is 0 Å². The zero-order valence-electron chi connectivity index (χ0n) is 13.3. The quantitative estimate of drug-likeness (QED) is 0.760. The lowest BCUT2D eigenvalue weighted by molar-refractivity contribution is -0.139. The smallest absolute Gasteiger partial charge is 0.236 e. The van der Waals surface area contributed by atoms with E-state index in [9.17, 15) is 9.59 Å². The zero-order valence-corrected chi connectivity index (χ0v) is 13.3. The van der Waals surface area contributed by atoms with Gasteiger partial charge in [-0.05, 0) is 25.9 Å². The van der Waals surface area contributed by atoms with Crippen LogP contribution in [-0.4, -0.2) is 84.9 Å². The summed E-state index contributed by atoms with van der Waals surface area (Å²) in [5.41, 5.74) is 0. The van der Waals surface area contributed by atoms with E-state index in [1.54, 1.807) is 6.92 Å². The zero-order chi connectivity index (χ0) is 15.2. The first-order chi connectivity index (χ1) is 10.1. The van der Waals surface area contributed by atoms with Crippen molar-refractivity contribution in [3.8, 4) is 0 Å². The standard InChI is InChI=1S/C15H28N4O2/c1-3-17(11-14-5-4-6-16-14)12-15(21)19-9-7-18(8-10-19)13(2)20/h14,16H,3-12H2,1-2H3. The Kier molecular flexibility index (Phi) is 5.99. The lowest BCUT2D eigenvalue weighted by Gasteiger charge is -2.35. The van der Waals surface area contributed by atoms with Gasteiger partial charge in [-0.1, -0.05) is 6.92 Å². The van der Waals surface area contributed by atoms with Gasteiger partial charge in [0.15, 0.2) is 0 Å². The third-order valence-electron chi connectivity index (χ3n) is 4.52. The van der Waals surface area contributed by atoms with Gasteiger partial charge >= 0.3 is 0 Å². The van der Waals surface area contributed by atoms with Gasteiger partial charge in [0, 0.05) is 45.7 Å². The van der Waals surface area contributed by atoms with Gasteiger partial charge < -0.3 is 15.1 Å². The molecule has 0 aliphatic carbocycles. The number of nitrogens with zero attached hydrogens (tertiary/aromatic N) is 3. The van der Waals surface area contributed by atoms with Gasteiger partial charge in [-0.2, -0.15) is 0 Å². The van der Waals surface area contributed by atoms with Gasteiger partial charge in [0.2, 0.25) is 11.8 Å². The molecule has 21 heavy (non-hydrogen) atoms. The normalized spacial score (nSPS) is 22.9. The largest absolute Gasteiger partial charge is 0.339 e. The highest BCUT2D eigenvalue weighted by Crippen LogP contribution is 2.08. The lowest BCUT2D eigenvalue weighted by atomic mass is 10.2. The van der Waals surface area contributed by atoms with Gasteiger partial charge in [-0.3, -0.25) is 14.5 Å². The Morgan fingerprint density at radius 1 is 1.19 bits per heavy atom. The second-order valence-corrected chi connectivity index (χ2v) is 6.01. The number of carbonyl (C=O) groups is 2. The van der Waals surface area contributed by atoms with Gasteiger partial charge in [-0.25, -0.2) is 0 Å². The summed E-state index contributed by atoms with van der Waals surface area (Å²) in [6, 6.07) is 0.535. The molecule has 0 aromatic rings. The van der Waals surface area contributed by atoms with Crippen LogP contribution >= 0.6 is 0 Å². The molecule has 6 nitrogen and oxygen atoms in total. The van der Waals surface area contributed by atoms with E-state index in [0.29, 0.717) is 38.8 Å². The van der Waals surface area contributed by atoms with Crippen LogP contribution in [0.15, 0.2) is 0 Å². The maximum absolute atomic E-state index is 12.4. The Hall–Kier alpha value is -1.14. The van der Waals surface area contributed by atoms with Crippen LogP contribution in [0.25, 0.3) is 0 Å². The van der Waals surface area contributed by atoms with Crippen LogP contribution in [0.4, 0.5) is 0 Å². The molecule has 1 atom stereocenters. The van der Waals surface area contributed by atoms with E-state index in [-0.39, 0.29) is 11.8 Å². The fraction of sp³-hybridized carbons (Fsp3) is 0.867. The van der Waals surface area contributed by atoms with E-state index in [0.717, 1.165) is 19.6 Å². The van der Waals surface area contributed by atoms with Gasteiger partial charge in [0.05, 0.1) is 6.54 Å². The van der Waals surface area contributed by atoms with Crippen molar-refractivity contribution < 1.29 is 9.59 Å². The predicted molar refractivity (Wildman–Crippen MR) is 82.0 cm³/mol. The molecule has 2 aliphatic rings. The van der Waals surface area contributed by atoms with Crippen molar-refractivity contribution in [2.45, 2.75) is 32.7 Å². The highest BCUT2D eigenvalue weighted by molar-refractivity contribution is 5.79. The van der Waals surface area contributed by atoms with Gasteiger partial charge in [-0.15, -0.1) is 0 Å². The molecule has 6 heteroatoms. The van der Waals surface area contributed by atoms with Crippen molar-refractivity contribution in [3.63, 3.8) is 0 Å². The summed E-state index contributed by atoms with van der Waals surface area (Å²) >= 11 is 0. The second-order valence-electron chi connectivity index (χ2n) is 6.01. The number of rotatable bonds is 5. The Balaban J connectivity index is 1.75. The number of hydrogen-bond donors (Lipinski definition) is 1. The van der Waals surface area contributed by atoms with Crippen molar-refractivity contribution in [1.82, 2.24) is 20.0 Å². The Labute approximate surface area is 127 Å². The molecule has 2 heterocycles. The fourth-order valence-corrected chi connectivity index (χ4v) is 3.09. The maximum atomic E-state index is 12.4. The molecule has 2 aliphatic heterocycles. The Morgan fingerprint density at radius 2 is 1.86 bits per heavy atom. The topological polar surface area (TPSA) is 55.9 Å². The van der Waals surface area contributed by atoms with Crippen LogP contribution in [0.3, 0.4) is 0 Å². The number of piperazine rings is 1. The molecule has 0 bridgehead atoms. The molecule has 2 fully saturated rings. The van der Waals surface area contributed by atoms with Crippen molar-refractivity contribution in [2.75, 3.05) is 52.4 Å². The maximum Gasteiger partial charge on any atom is 0.236 e. The highest BCUT2D eigenvalue weighted by Gasteiger charge is 2.24. The summed E-state index contributed by atoms with van der Waals surface area (Å²) < 4.78 is 0. The first kappa shape index (κ1) is 16.2. The monoisotopic (exact) mass is 296 g/mol. The van der Waals surface area contributed by atoms with Crippen LogP contribution in [0.2, 0.25) is 0 Å². The lowest BCUT2D eigenvalue weighted by Crippen LogP contribution is -2.52. The second kappa shape index (κ2) is 7.75. The van der Waals surface area contributed by atoms with Crippen LogP contribution in [0.1, 0.15) is 26.7 Å². The van der Waals surface area contributed by atoms with Crippen LogP contribution in [0.5, 0.6) is 0 Å². The first-order valence-corrected chi connectivity index (χ1v) is 8.09. The minimum atomic E-state index is 0.101. The molecule has 1 unspecified atom stereocenters. The molecular weight excluding hydrogens is 268 g/mol. The summed E-state index contributed by atoms with van der Waals surface area (Å²) in [6.07, 6.45) is 2.45. The van der Waals surface area contributed by atoms with E-state index in [2.05, 4.69) is 17.1 Å². The molecule has 0 spiro atoms. The van der Waals surface area contributed by atoms with Crippen molar-refractivity contribution in [1.29, 1.82) is 0 Å². The SMILES string of the molecule is CCN(CC(=O)N1CCN(C(C)=O)CC1)CC1CCCN1. The predicted octanol–water partition coefficient (Wildman–Crippen LogP) is -0.249. The van der Waals surface area contributed by atoms with Gasteiger partial charge in [0.1, 0.15) is 0 Å². The van der Waals surface area contributed by atoms with Crippen LogP contribution in [0, 0.1) is 0 Å². The average Bonchev–Trinajstić information content (AvgIpc) is 2.99. The minimum absolute atomic E-state index is 0.101. The fourth-order valence-electron chi connectivity index (χ4n) is 3.09. The molecule has 0 saturated carbocycles. The number of likely N-dealkylation sites (N-methyl/N-ethyl adjacent to an activating group) is 1. The molecule has 2 rings (SSSR count). The third kappa shape index (κ3) is 4.68. The van der Waals surface area contributed by atoms with E-state index >= 15 is 0 Å². The summed E-state index contributed by atoms with van der Waals surface area (Å²) in [4.78, 5) is 29.6. The van der Waals surface area contributed by atoms with E-state index in [1.807, 2.05) is 9.80 Å². The number of carbonyl (C=O) groups excluding carboxylic acids is 2. The Bertz CT molecular complexity index is 361. The highest BCUT2D eigenvalue weighted by atomic mass is 16.2. The van der Waals surface area contributed by atoms with E-state index in [4.69, 9.17) is 0 Å². The summed E-state index contributed by atoms with van der Waals surface area (Å²) in [5, 5.41) is 3.48. The molecule has 0 aromatic heterocycles. The van der Waals surface area contributed by atoms with E-state index < -0.39 is 0 Å². The van der Waals surface area contributed by atoms with Crippen molar-refractivity contribution in [2.24, 2.45) is 0 Å². The molecular formula is C15H28N4O2. The molecule has 120 valence electrons. The summed E-state index contributed by atoms with van der Waals surface area (Å²) in [7, 11) is 0. The molecule has 1 N–H and O–H groups in total. The van der Waals surface area contributed by atoms with Crippen molar-refractivity contribution >= 4 is 11.8 Å². The van der Waals surface area contributed by atoms with Crippen molar-refractivity contribution in [3.05, 3.63) is 0 Å². The first-order valence-electron chi connectivity index (χ1n) is 8.09.